The van der Waals surface area contributed by atoms with Crippen LogP contribution in [0.25, 0.3) is 0 Å². The van der Waals surface area contributed by atoms with E-state index >= 15 is 0 Å². The van der Waals surface area contributed by atoms with Gasteiger partial charge in [0.25, 0.3) is 5.91 Å². The van der Waals surface area contributed by atoms with E-state index in [1.54, 1.807) is 12.1 Å². The van der Waals surface area contributed by atoms with Crippen molar-refractivity contribution in [3.05, 3.63) is 88.2 Å². The Kier molecular flexibility index (Phi) is 7.83. The number of halogens is 3. The van der Waals surface area contributed by atoms with Crippen LogP contribution in [-0.2, 0) is 9.84 Å². The highest BCUT2D eigenvalue weighted by Crippen LogP contribution is 2.55. The summed E-state index contributed by atoms with van der Waals surface area (Å²) in [6, 6.07) is 11.9. The number of aliphatic hydroxyl groups excluding tert-OH is 2. The predicted molar refractivity (Wildman–Crippen MR) is 154 cm³/mol. The van der Waals surface area contributed by atoms with Crippen LogP contribution in [0.4, 0.5) is 14.5 Å². The van der Waals surface area contributed by atoms with Gasteiger partial charge in [0.05, 0.1) is 26.5 Å². The zero-order valence-electron chi connectivity index (χ0n) is 23.0. The fourth-order valence-electron chi connectivity index (χ4n) is 6.75. The molecule has 12 heteroatoms. The Morgan fingerprint density at radius 2 is 1.67 bits per heavy atom. The molecule has 5 unspecified atom stereocenters. The Bertz CT molecular complexity index is 1670. The number of fused-ring (bicyclic) bond motifs is 2. The SMILES string of the molecule is O=C(Nc1ccc(F)c(F)c1)c1ccc(Cl)c(S(=O)(=O)C2CC3CC[C@@H](C2)C3(O)C(O)C(O)c2cccc(C3CC3)n2)c1. The zero-order valence-corrected chi connectivity index (χ0v) is 24.5. The lowest BCUT2D eigenvalue weighted by Gasteiger charge is -2.46. The molecule has 0 spiro atoms. The Morgan fingerprint density at radius 1 is 0.977 bits per heavy atom. The van der Waals surface area contributed by atoms with Crippen LogP contribution >= 0.6 is 11.6 Å². The minimum atomic E-state index is -4.11. The summed E-state index contributed by atoms with van der Waals surface area (Å²) in [5.74, 6) is -3.85. The van der Waals surface area contributed by atoms with Gasteiger partial charge in [-0.3, -0.25) is 9.78 Å². The second-order valence-electron chi connectivity index (χ2n) is 11.9. The Balaban J connectivity index is 1.21. The minimum absolute atomic E-state index is 0.0124. The van der Waals surface area contributed by atoms with Gasteiger partial charge in [-0.15, -0.1) is 0 Å². The molecule has 8 nitrogen and oxygen atoms in total. The van der Waals surface area contributed by atoms with E-state index in [1.807, 2.05) is 6.07 Å². The number of amides is 1. The van der Waals surface area contributed by atoms with Crippen molar-refractivity contribution in [2.45, 2.75) is 72.4 Å². The van der Waals surface area contributed by atoms with Gasteiger partial charge in [-0.05, 0) is 92.8 Å². The number of anilines is 1. The van der Waals surface area contributed by atoms with Crippen molar-refractivity contribution in [3.63, 3.8) is 0 Å². The van der Waals surface area contributed by atoms with E-state index in [4.69, 9.17) is 11.6 Å². The number of hydrogen-bond acceptors (Lipinski definition) is 7. The van der Waals surface area contributed by atoms with Crippen molar-refractivity contribution < 1.29 is 37.3 Å². The first-order valence-corrected chi connectivity index (χ1v) is 16.2. The monoisotopic (exact) mass is 632 g/mol. The van der Waals surface area contributed by atoms with E-state index in [9.17, 15) is 37.3 Å². The first-order valence-electron chi connectivity index (χ1n) is 14.2. The van der Waals surface area contributed by atoms with E-state index in [0.29, 0.717) is 18.8 Å². The fraction of sp³-hybridized carbons (Fsp3) is 0.419. The van der Waals surface area contributed by atoms with Gasteiger partial charge in [0.15, 0.2) is 21.5 Å². The van der Waals surface area contributed by atoms with Gasteiger partial charge in [-0.1, -0.05) is 17.7 Å². The number of hydrogen-bond donors (Lipinski definition) is 4. The van der Waals surface area contributed by atoms with E-state index in [1.165, 1.54) is 18.2 Å². The van der Waals surface area contributed by atoms with Crippen LogP contribution in [0.2, 0.25) is 5.02 Å². The summed E-state index contributed by atoms with van der Waals surface area (Å²) >= 11 is 6.32. The summed E-state index contributed by atoms with van der Waals surface area (Å²) in [7, 11) is -4.11. The first-order chi connectivity index (χ1) is 20.4. The molecule has 2 aromatic carbocycles. The Morgan fingerprint density at radius 3 is 2.33 bits per heavy atom. The van der Waals surface area contributed by atoms with Crippen molar-refractivity contribution >= 4 is 33.0 Å². The predicted octanol–water partition coefficient (Wildman–Crippen LogP) is 4.93. The maximum absolute atomic E-state index is 13.9. The molecule has 3 aromatic rings. The van der Waals surface area contributed by atoms with Crippen LogP contribution in [0.3, 0.4) is 0 Å². The molecule has 43 heavy (non-hydrogen) atoms. The lowest BCUT2D eigenvalue weighted by molar-refractivity contribution is -0.178. The summed E-state index contributed by atoms with van der Waals surface area (Å²) < 4.78 is 54.6. The van der Waals surface area contributed by atoms with E-state index in [2.05, 4.69) is 10.3 Å². The van der Waals surface area contributed by atoms with Crippen LogP contribution < -0.4 is 5.32 Å². The molecular weight excluding hydrogens is 602 g/mol. The van der Waals surface area contributed by atoms with Crippen molar-refractivity contribution in [2.24, 2.45) is 11.8 Å². The Hall–Kier alpha value is -2.96. The summed E-state index contributed by atoms with van der Waals surface area (Å²) in [6.07, 6.45) is 0.0116. The highest BCUT2D eigenvalue weighted by atomic mass is 35.5. The third-order valence-electron chi connectivity index (χ3n) is 9.25. The van der Waals surface area contributed by atoms with Gasteiger partial charge in [-0.25, -0.2) is 17.2 Å². The summed E-state index contributed by atoms with van der Waals surface area (Å²) in [5, 5.41) is 35.5. The zero-order chi connectivity index (χ0) is 30.7. The minimum Gasteiger partial charge on any atom is -0.387 e. The van der Waals surface area contributed by atoms with Gasteiger partial charge in [0, 0.05) is 28.9 Å². The number of carbonyl (C=O) groups is 1. The highest BCUT2D eigenvalue weighted by Gasteiger charge is 2.60. The van der Waals surface area contributed by atoms with Crippen LogP contribution in [0.5, 0.6) is 0 Å². The molecule has 0 radical (unpaired) electrons. The molecule has 1 heterocycles. The average molecular weight is 633 g/mol. The number of aromatic nitrogens is 1. The van der Waals surface area contributed by atoms with Crippen molar-refractivity contribution in [1.29, 1.82) is 0 Å². The van der Waals surface area contributed by atoms with E-state index in [-0.39, 0.29) is 39.7 Å². The molecule has 3 aliphatic rings. The third-order valence-corrected chi connectivity index (χ3v) is 11.9. The van der Waals surface area contributed by atoms with Gasteiger partial charge >= 0.3 is 0 Å². The molecule has 3 aliphatic carbocycles. The van der Waals surface area contributed by atoms with Gasteiger partial charge in [0.2, 0.25) is 0 Å². The normalized spacial score (nSPS) is 26.6. The molecule has 0 saturated heterocycles. The molecule has 6 rings (SSSR count). The summed E-state index contributed by atoms with van der Waals surface area (Å²) in [5.41, 5.74) is -0.668. The van der Waals surface area contributed by atoms with Crippen molar-refractivity contribution in [1.82, 2.24) is 4.98 Å². The maximum atomic E-state index is 13.9. The average Bonchev–Trinajstić information content (AvgIpc) is 3.82. The second kappa shape index (κ2) is 11.2. The van der Waals surface area contributed by atoms with Gasteiger partial charge < -0.3 is 20.6 Å². The van der Waals surface area contributed by atoms with Crippen LogP contribution in [0, 0.1) is 23.5 Å². The van der Waals surface area contributed by atoms with Crippen molar-refractivity contribution in [3.8, 4) is 0 Å². The van der Waals surface area contributed by atoms with Crippen LogP contribution in [0.1, 0.15) is 72.3 Å². The van der Waals surface area contributed by atoms with Gasteiger partial charge in [0.1, 0.15) is 12.2 Å². The third kappa shape index (κ3) is 5.46. The summed E-state index contributed by atoms with van der Waals surface area (Å²) in [6.45, 7) is 0. The van der Waals surface area contributed by atoms with E-state index in [0.717, 1.165) is 36.7 Å². The number of aliphatic hydroxyl groups is 3. The molecule has 2 bridgehead atoms. The lowest BCUT2D eigenvalue weighted by atomic mass is 9.69. The lowest BCUT2D eigenvalue weighted by Crippen LogP contribution is -2.57. The standard InChI is InChI=1S/C31H31ClF2N2O6S/c32-22-10-6-17(30(39)35-20-9-11-23(33)24(34)15-20)12-27(22)43(41,42)21-13-18-7-8-19(14-21)31(18,40)29(38)28(37)26-3-1-2-25(36-26)16-4-5-16/h1-3,6,9-12,15-16,18-19,21,28-29,37-38,40H,4-5,7-8,13-14H2,(H,35,39)/t18-,19?,21?,28?,29?,31?/m0/s1. The van der Waals surface area contributed by atoms with Crippen LogP contribution in [0.15, 0.2) is 59.5 Å². The topological polar surface area (TPSA) is 137 Å². The molecule has 4 N–H and O–H groups in total. The molecule has 0 aliphatic heterocycles. The number of sulfone groups is 1. The molecule has 228 valence electrons. The molecule has 1 aromatic heterocycles. The number of nitrogens with one attached hydrogen (secondary N) is 1. The highest BCUT2D eigenvalue weighted by molar-refractivity contribution is 7.92. The Labute approximate surface area is 252 Å². The fourth-order valence-corrected chi connectivity index (χ4v) is 9.15. The van der Waals surface area contributed by atoms with E-state index < -0.39 is 62.3 Å². The number of nitrogens with zero attached hydrogens (tertiary/aromatic N) is 1. The number of carbonyl (C=O) groups excluding carboxylic acids is 1. The molecule has 6 atom stereocenters. The number of rotatable bonds is 8. The van der Waals surface area contributed by atoms with Crippen molar-refractivity contribution in [2.75, 3.05) is 5.32 Å². The van der Waals surface area contributed by atoms with Crippen LogP contribution in [-0.4, -0.2) is 51.6 Å². The second-order valence-corrected chi connectivity index (χ2v) is 14.5. The number of benzene rings is 2. The molecular formula is C31H31ClF2N2O6S. The maximum Gasteiger partial charge on any atom is 0.255 e. The molecule has 3 saturated carbocycles. The van der Waals surface area contributed by atoms with Gasteiger partial charge in [-0.2, -0.15) is 0 Å². The quantitative estimate of drug-likeness (QED) is 0.276. The first kappa shape index (κ1) is 30.1. The molecule has 3 fully saturated rings. The summed E-state index contributed by atoms with van der Waals surface area (Å²) in [4.78, 5) is 17.1. The number of pyridine rings is 1. The largest absolute Gasteiger partial charge is 0.387 e. The smallest absolute Gasteiger partial charge is 0.255 e. The molecule has 1 amide bonds.